The molecule has 2 saturated carbocycles. The summed E-state index contributed by atoms with van der Waals surface area (Å²) in [6.45, 7) is 1.82. The van der Waals surface area contributed by atoms with Crippen LogP contribution in [0.5, 0.6) is 0 Å². The van der Waals surface area contributed by atoms with Crippen LogP contribution in [0.4, 0.5) is 4.39 Å². The first-order chi connectivity index (χ1) is 17.3. The van der Waals surface area contributed by atoms with E-state index in [4.69, 9.17) is 9.97 Å². The van der Waals surface area contributed by atoms with Crippen molar-refractivity contribution in [3.8, 4) is 11.3 Å². The summed E-state index contributed by atoms with van der Waals surface area (Å²) in [7, 11) is -3.89. The molecule has 2 aromatic heterocycles. The van der Waals surface area contributed by atoms with Crippen LogP contribution in [-0.2, 0) is 21.2 Å². The number of aromatic nitrogens is 4. The van der Waals surface area contributed by atoms with Crippen molar-refractivity contribution in [3.05, 3.63) is 65.9 Å². The zero-order chi connectivity index (χ0) is 25.0. The molecule has 7 rings (SSSR count). The average Bonchev–Trinajstić information content (AvgIpc) is 3.53. The van der Waals surface area contributed by atoms with Crippen molar-refractivity contribution in [2.24, 2.45) is 5.92 Å². The number of Topliss-reactive ketones (excluding diaryl/α,β-unsaturated/α-hetero) is 1. The number of ketones is 1. The number of fused-ring (bicyclic) bond motifs is 1. The van der Waals surface area contributed by atoms with Crippen LogP contribution >= 0.6 is 0 Å². The number of sulfonamides is 1. The third-order valence-electron chi connectivity index (χ3n) is 7.39. The van der Waals surface area contributed by atoms with E-state index in [1.165, 1.54) is 16.4 Å². The summed E-state index contributed by atoms with van der Waals surface area (Å²) >= 11 is 0. The van der Waals surface area contributed by atoms with Gasteiger partial charge in [-0.3, -0.25) is 4.79 Å². The lowest BCUT2D eigenvalue weighted by atomic mass is 9.81. The molecule has 2 aliphatic heterocycles. The van der Waals surface area contributed by atoms with Gasteiger partial charge in [0.25, 0.3) is 0 Å². The Bertz CT molecular complexity index is 1420. The summed E-state index contributed by atoms with van der Waals surface area (Å²) in [6.07, 6.45) is 7.54. The molecule has 3 aromatic rings. The van der Waals surface area contributed by atoms with E-state index in [2.05, 4.69) is 9.97 Å². The first kappa shape index (κ1) is 23.3. The number of rotatable bonds is 8. The lowest BCUT2D eigenvalue weighted by Gasteiger charge is -2.25. The van der Waals surface area contributed by atoms with Gasteiger partial charge < -0.3 is 0 Å². The van der Waals surface area contributed by atoms with Crippen molar-refractivity contribution in [2.45, 2.75) is 68.3 Å². The Morgan fingerprint density at radius 3 is 2.44 bits per heavy atom. The average molecular weight is 508 g/mol. The minimum Gasteiger partial charge on any atom is -0.298 e. The van der Waals surface area contributed by atoms with Crippen LogP contribution in [0.2, 0.25) is 0 Å². The fourth-order valence-electron chi connectivity index (χ4n) is 5.25. The highest BCUT2D eigenvalue weighted by Gasteiger charge is 2.58. The zero-order valence-electron chi connectivity index (χ0n) is 19.8. The highest BCUT2D eigenvalue weighted by atomic mass is 32.2. The number of aryl methyl sites for hydroxylation is 2. The maximum Gasteiger partial charge on any atom is 0.243 e. The van der Waals surface area contributed by atoms with Crippen LogP contribution in [0.15, 0.2) is 47.6 Å². The van der Waals surface area contributed by atoms with Crippen LogP contribution in [0, 0.1) is 18.7 Å². The van der Waals surface area contributed by atoms with Gasteiger partial charge in [-0.1, -0.05) is 0 Å². The molecule has 10 heteroatoms. The third-order valence-corrected chi connectivity index (χ3v) is 9.34. The van der Waals surface area contributed by atoms with Gasteiger partial charge in [0, 0.05) is 42.0 Å². The Labute approximate surface area is 209 Å². The second-order valence-corrected chi connectivity index (χ2v) is 11.8. The Balaban J connectivity index is 1.22. The van der Waals surface area contributed by atoms with Crippen molar-refractivity contribution in [3.63, 3.8) is 0 Å². The van der Waals surface area contributed by atoms with E-state index in [0.29, 0.717) is 31.0 Å². The largest absolute Gasteiger partial charge is 0.298 e. The minimum absolute atomic E-state index is 0.0177. The number of carbonyl (C=O) groups is 1. The number of benzene rings is 1. The van der Waals surface area contributed by atoms with E-state index in [1.807, 2.05) is 13.0 Å². The van der Waals surface area contributed by atoms with Crippen LogP contribution < -0.4 is 0 Å². The van der Waals surface area contributed by atoms with Crippen molar-refractivity contribution in [1.82, 2.24) is 24.2 Å². The van der Waals surface area contributed by atoms with Gasteiger partial charge in [0.2, 0.25) is 10.0 Å². The first-order valence-electron chi connectivity index (χ1n) is 12.3. The molecular weight excluding hydrogens is 481 g/mol. The predicted octanol–water partition coefficient (Wildman–Crippen LogP) is 3.61. The van der Waals surface area contributed by atoms with Gasteiger partial charge in [-0.2, -0.15) is 4.31 Å². The van der Waals surface area contributed by atoms with Crippen molar-refractivity contribution in [1.29, 1.82) is 0 Å². The topological polar surface area (TPSA) is 106 Å². The monoisotopic (exact) mass is 507 g/mol. The van der Waals surface area contributed by atoms with Gasteiger partial charge >= 0.3 is 0 Å². The molecule has 0 amide bonds. The highest BCUT2D eigenvalue weighted by Crippen LogP contribution is 2.49. The molecule has 1 atom stereocenters. The second-order valence-electron chi connectivity index (χ2n) is 9.98. The summed E-state index contributed by atoms with van der Waals surface area (Å²) in [4.78, 5) is 31.4. The number of hydrogen-bond acceptors (Lipinski definition) is 7. The van der Waals surface area contributed by atoms with Gasteiger partial charge in [-0.05, 0) is 75.3 Å². The lowest BCUT2D eigenvalue weighted by Crippen LogP contribution is -2.41. The van der Waals surface area contributed by atoms with Crippen molar-refractivity contribution < 1.29 is 17.6 Å². The maximum atomic E-state index is 13.4. The van der Waals surface area contributed by atoms with E-state index in [-0.39, 0.29) is 29.1 Å². The van der Waals surface area contributed by atoms with Crippen molar-refractivity contribution in [2.75, 3.05) is 0 Å². The Morgan fingerprint density at radius 1 is 1.08 bits per heavy atom. The molecule has 0 spiro atoms. The molecule has 2 bridgehead atoms. The molecule has 36 heavy (non-hydrogen) atoms. The van der Waals surface area contributed by atoms with Crippen LogP contribution in [0.1, 0.15) is 55.4 Å². The lowest BCUT2D eigenvalue weighted by molar-refractivity contribution is -0.122. The standard InChI is InChI=1S/C26H26FN5O3S/c1-15-28-13-18(14-29-15)23-12-20(30-26(31-23)16-2-3-16)6-9-24(33)25-17-10-21(11-17)32(25)36(34,35)22-7-4-19(27)5-8-22/h4-5,7-8,12-14,16-17,21,25H,2-3,6,9-11H2,1H3/t17?,21?,25-/m0/s1. The zero-order valence-corrected chi connectivity index (χ0v) is 20.7. The highest BCUT2D eigenvalue weighted by molar-refractivity contribution is 7.89. The fraction of sp³-hybridized carbons (Fsp3) is 0.423. The fourth-order valence-corrected chi connectivity index (χ4v) is 7.13. The minimum atomic E-state index is -3.89. The van der Waals surface area contributed by atoms with Gasteiger partial charge in [0.1, 0.15) is 17.5 Å². The molecule has 4 heterocycles. The van der Waals surface area contributed by atoms with Crippen LogP contribution in [0.25, 0.3) is 11.3 Å². The molecule has 2 saturated heterocycles. The van der Waals surface area contributed by atoms with Crippen molar-refractivity contribution >= 4 is 15.8 Å². The molecule has 0 unspecified atom stereocenters. The van der Waals surface area contributed by atoms with Crippen LogP contribution in [0.3, 0.4) is 0 Å². The van der Waals surface area contributed by atoms with E-state index < -0.39 is 21.9 Å². The van der Waals surface area contributed by atoms with Gasteiger partial charge in [-0.25, -0.2) is 32.7 Å². The molecule has 1 aromatic carbocycles. The smallest absolute Gasteiger partial charge is 0.243 e. The number of carbonyl (C=O) groups excluding carboxylic acids is 1. The van der Waals surface area contributed by atoms with Crippen LogP contribution in [-0.4, -0.2) is 50.5 Å². The number of hydrogen-bond donors (Lipinski definition) is 0. The number of halogens is 1. The second kappa shape index (κ2) is 8.77. The molecule has 4 aliphatic rings. The molecule has 8 nitrogen and oxygen atoms in total. The summed E-state index contributed by atoms with van der Waals surface area (Å²) in [5, 5.41) is 0. The quantitative estimate of drug-likeness (QED) is 0.459. The normalized spacial score (nSPS) is 23.4. The third kappa shape index (κ3) is 4.22. The van der Waals surface area contributed by atoms with Gasteiger partial charge in [0.15, 0.2) is 5.78 Å². The van der Waals surface area contributed by atoms with E-state index in [9.17, 15) is 17.6 Å². The Kier molecular flexibility index (Phi) is 5.68. The molecule has 2 aliphatic carbocycles. The molecule has 0 N–H and O–H groups in total. The van der Waals surface area contributed by atoms with E-state index in [0.717, 1.165) is 47.8 Å². The Morgan fingerprint density at radius 2 is 1.78 bits per heavy atom. The maximum absolute atomic E-state index is 13.4. The predicted molar refractivity (Wildman–Crippen MR) is 129 cm³/mol. The summed E-state index contributed by atoms with van der Waals surface area (Å²) < 4.78 is 41.4. The summed E-state index contributed by atoms with van der Waals surface area (Å²) in [5.74, 6) is 1.22. The molecule has 4 fully saturated rings. The molecule has 186 valence electrons. The summed E-state index contributed by atoms with van der Waals surface area (Å²) in [5.41, 5.74) is 2.29. The SMILES string of the molecule is Cc1ncc(-c2cc(CCC(=O)[C@@H]3C4CC(C4)N3S(=O)(=O)c3ccc(F)cc3)nc(C3CC3)n2)cn1. The number of nitrogens with zero attached hydrogens (tertiary/aromatic N) is 5. The van der Waals surface area contributed by atoms with Gasteiger partial charge in [-0.15, -0.1) is 0 Å². The first-order valence-corrected chi connectivity index (χ1v) is 13.7. The molecular formula is C26H26FN5O3S. The van der Waals surface area contributed by atoms with Gasteiger partial charge in [0.05, 0.1) is 16.6 Å². The van der Waals surface area contributed by atoms with E-state index in [1.54, 1.807) is 12.4 Å². The van der Waals surface area contributed by atoms with E-state index >= 15 is 0 Å². The molecule has 0 radical (unpaired) electrons. The summed E-state index contributed by atoms with van der Waals surface area (Å²) in [6, 6.07) is 5.81. The Hall–Kier alpha value is -3.11.